The van der Waals surface area contributed by atoms with Gasteiger partial charge in [0.15, 0.2) is 0 Å². The van der Waals surface area contributed by atoms with Crippen LogP contribution in [0.3, 0.4) is 0 Å². The van der Waals surface area contributed by atoms with Crippen LogP contribution in [0.15, 0.2) is 16.6 Å². The minimum Gasteiger partial charge on any atom is -0.506 e. The molecule has 0 aromatic heterocycles. The second-order valence-electron chi connectivity index (χ2n) is 2.98. The molecule has 0 radical (unpaired) electrons. The van der Waals surface area contributed by atoms with Crippen molar-refractivity contribution in [1.29, 1.82) is 0 Å². The van der Waals surface area contributed by atoms with Crippen LogP contribution in [-0.4, -0.2) is 16.5 Å². The van der Waals surface area contributed by atoms with Gasteiger partial charge in [0.2, 0.25) is 0 Å². The van der Waals surface area contributed by atoms with Gasteiger partial charge in [0.05, 0.1) is 15.4 Å². The Morgan fingerprint density at radius 3 is 2.41 bits per heavy atom. The Hall–Kier alpha value is -0.990. The lowest BCUT2D eigenvalue weighted by Crippen LogP contribution is -2.19. The second kappa shape index (κ2) is 6.08. The third kappa shape index (κ3) is 3.48. The number of alkyl halides is 2. The number of phenolic OH excluding ortho intramolecular Hbond substituents is 1. The zero-order valence-electron chi connectivity index (χ0n) is 8.14. The summed E-state index contributed by atoms with van der Waals surface area (Å²) in [5.41, 5.74) is 4.34. The van der Waals surface area contributed by atoms with E-state index in [0.717, 1.165) is 12.1 Å². The molecule has 0 aliphatic carbocycles. The minimum absolute atomic E-state index is 0. The lowest BCUT2D eigenvalue weighted by molar-refractivity contribution is -0.385. The molecule has 0 heterocycles. The average molecular weight is 334 g/mol. The third-order valence-corrected chi connectivity index (χ3v) is 2.52. The number of hydrogen-bond acceptors (Lipinski definition) is 4. The smallest absolute Gasteiger partial charge is 0.271 e. The molecule has 96 valence electrons. The van der Waals surface area contributed by atoms with Gasteiger partial charge in [-0.05, 0) is 15.9 Å². The van der Waals surface area contributed by atoms with Gasteiger partial charge in [0.25, 0.3) is 12.1 Å². The number of phenols is 1. The van der Waals surface area contributed by atoms with Crippen molar-refractivity contribution in [3.63, 3.8) is 0 Å². The molecule has 0 fully saturated rings. The minimum atomic E-state index is -2.92. The van der Waals surface area contributed by atoms with Crippen molar-refractivity contribution < 1.29 is 18.8 Å². The highest BCUT2D eigenvalue weighted by atomic mass is 79.9. The fraction of sp³-hybridized carbons (Fsp3) is 0.250. The number of hydrogen-bond donors (Lipinski definition) is 2. The maximum Gasteiger partial charge on any atom is 0.271 e. The van der Waals surface area contributed by atoms with E-state index in [1.54, 1.807) is 0 Å². The van der Waals surface area contributed by atoms with Gasteiger partial charge in [-0.2, -0.15) is 0 Å². The van der Waals surface area contributed by atoms with Gasteiger partial charge in [-0.3, -0.25) is 10.1 Å². The molecule has 9 heteroatoms. The summed E-state index contributed by atoms with van der Waals surface area (Å²) in [5, 5.41) is 19.9. The van der Waals surface area contributed by atoms with Crippen LogP contribution in [0.2, 0.25) is 0 Å². The number of benzene rings is 1. The van der Waals surface area contributed by atoms with E-state index in [4.69, 9.17) is 5.73 Å². The van der Waals surface area contributed by atoms with E-state index in [0.29, 0.717) is 0 Å². The van der Waals surface area contributed by atoms with Crippen LogP contribution in [-0.2, 0) is 0 Å². The molecule has 17 heavy (non-hydrogen) atoms. The van der Waals surface area contributed by atoms with E-state index in [9.17, 15) is 24.0 Å². The molecule has 5 nitrogen and oxygen atoms in total. The van der Waals surface area contributed by atoms with Crippen LogP contribution in [0.4, 0.5) is 14.5 Å². The summed E-state index contributed by atoms with van der Waals surface area (Å²) in [6, 6.07) is 0.0738. The van der Waals surface area contributed by atoms with Crippen molar-refractivity contribution in [2.45, 2.75) is 12.5 Å². The highest BCUT2D eigenvalue weighted by Crippen LogP contribution is 2.36. The fourth-order valence-corrected chi connectivity index (χ4v) is 1.56. The molecule has 0 aliphatic rings. The van der Waals surface area contributed by atoms with E-state index in [-0.39, 0.29) is 22.4 Å². The van der Waals surface area contributed by atoms with Gasteiger partial charge in [-0.25, -0.2) is 8.78 Å². The molecule has 1 rings (SSSR count). The van der Waals surface area contributed by atoms with Gasteiger partial charge in [0, 0.05) is 17.7 Å². The Bertz CT molecular complexity index is 433. The summed E-state index contributed by atoms with van der Waals surface area (Å²) in [5.74, 6) is -0.515. The van der Waals surface area contributed by atoms with Crippen molar-refractivity contribution in [3.05, 3.63) is 32.3 Å². The lowest BCUT2D eigenvalue weighted by Gasteiger charge is -2.13. The molecule has 0 bridgehead atoms. The Labute approximate surface area is 109 Å². The van der Waals surface area contributed by atoms with E-state index < -0.39 is 28.8 Å². The summed E-state index contributed by atoms with van der Waals surface area (Å²) in [6.07, 6.45) is -2.92. The van der Waals surface area contributed by atoms with Crippen LogP contribution in [0.1, 0.15) is 11.6 Å². The first-order chi connectivity index (χ1) is 7.34. The fourth-order valence-electron chi connectivity index (χ4n) is 1.10. The molecule has 1 aromatic carbocycles. The van der Waals surface area contributed by atoms with Crippen LogP contribution < -0.4 is 5.73 Å². The number of nitrogens with zero attached hydrogens (tertiary/aromatic N) is 1. The maximum atomic E-state index is 12.3. The van der Waals surface area contributed by atoms with Gasteiger partial charge in [0.1, 0.15) is 5.75 Å². The van der Waals surface area contributed by atoms with Gasteiger partial charge >= 0.3 is 0 Å². The Kier molecular flexibility index (Phi) is 5.73. The summed E-state index contributed by atoms with van der Waals surface area (Å²) in [7, 11) is 0. The van der Waals surface area contributed by atoms with E-state index in [1.807, 2.05) is 0 Å². The van der Waals surface area contributed by atoms with Crippen LogP contribution in [0.25, 0.3) is 0 Å². The van der Waals surface area contributed by atoms with Crippen LogP contribution in [0, 0.1) is 10.1 Å². The van der Waals surface area contributed by atoms with Crippen molar-refractivity contribution in [2.24, 2.45) is 5.73 Å². The molecule has 1 aromatic rings. The molecule has 0 aliphatic heterocycles. The quantitative estimate of drug-likeness (QED) is 0.657. The number of halogens is 4. The molecule has 3 N–H and O–H groups in total. The molecule has 0 spiro atoms. The molecular weight excluding hydrogens is 325 g/mol. The highest BCUT2D eigenvalue weighted by molar-refractivity contribution is 9.10. The zero-order valence-corrected chi connectivity index (χ0v) is 10.5. The number of nitro groups is 1. The highest BCUT2D eigenvalue weighted by Gasteiger charge is 2.25. The first-order valence-electron chi connectivity index (χ1n) is 4.05. The molecule has 0 unspecified atom stereocenters. The largest absolute Gasteiger partial charge is 0.506 e. The van der Waals surface area contributed by atoms with E-state index in [1.165, 1.54) is 0 Å². The van der Waals surface area contributed by atoms with Crippen molar-refractivity contribution >= 4 is 34.0 Å². The number of non-ortho nitro benzene ring substituents is 1. The number of nitrogens with two attached hydrogens (primary N) is 1. The van der Waals surface area contributed by atoms with E-state index >= 15 is 0 Å². The number of rotatable bonds is 3. The average Bonchev–Trinajstić information content (AvgIpc) is 2.20. The Morgan fingerprint density at radius 1 is 1.47 bits per heavy atom. The second-order valence-corrected chi connectivity index (χ2v) is 3.84. The van der Waals surface area contributed by atoms with Crippen LogP contribution >= 0.6 is 28.3 Å². The SMILES string of the molecule is Cl.N[C@H](c1cc([N+](=O)[O-])cc(Br)c1O)C(F)F. The van der Waals surface area contributed by atoms with Crippen molar-refractivity contribution in [2.75, 3.05) is 0 Å². The van der Waals surface area contributed by atoms with E-state index in [2.05, 4.69) is 15.9 Å². The number of nitro benzene ring substituents is 1. The lowest BCUT2D eigenvalue weighted by atomic mass is 10.1. The molecule has 1 atom stereocenters. The zero-order chi connectivity index (χ0) is 12.5. The summed E-state index contributed by atoms with van der Waals surface area (Å²) < 4.78 is 24.6. The molecule has 0 saturated carbocycles. The Morgan fingerprint density at radius 2 is 2.00 bits per heavy atom. The van der Waals surface area contributed by atoms with Crippen molar-refractivity contribution in [3.8, 4) is 5.75 Å². The predicted octanol–water partition coefficient (Wildman–Crippen LogP) is 2.75. The molecular formula is C8H8BrClF2N2O3. The Balaban J connectivity index is 0.00000256. The van der Waals surface area contributed by atoms with Crippen molar-refractivity contribution in [1.82, 2.24) is 0 Å². The summed E-state index contributed by atoms with van der Waals surface area (Å²) >= 11 is 2.83. The monoisotopic (exact) mass is 332 g/mol. The van der Waals surface area contributed by atoms with Gasteiger partial charge < -0.3 is 10.8 Å². The summed E-state index contributed by atoms with van der Waals surface area (Å²) in [4.78, 5) is 9.73. The van der Waals surface area contributed by atoms with Gasteiger partial charge in [-0.1, -0.05) is 0 Å². The van der Waals surface area contributed by atoms with Gasteiger partial charge in [-0.15, -0.1) is 12.4 Å². The topological polar surface area (TPSA) is 89.4 Å². The predicted molar refractivity (Wildman–Crippen MR) is 62.6 cm³/mol. The molecule has 0 amide bonds. The third-order valence-electron chi connectivity index (χ3n) is 1.92. The normalized spacial score (nSPS) is 12.1. The van der Waals surface area contributed by atoms with Crippen LogP contribution in [0.5, 0.6) is 5.75 Å². The molecule has 0 saturated heterocycles. The summed E-state index contributed by atoms with van der Waals surface area (Å²) in [6.45, 7) is 0. The first kappa shape index (κ1) is 16.0. The standard InChI is InChI=1S/C8H7BrF2N2O3.ClH/c9-5-2-3(13(15)16)1-4(7(5)14)6(12)8(10)11;/h1-2,6,8,14H,12H2;1H/t6-;/m1./s1. The number of aromatic hydroxyl groups is 1. The first-order valence-corrected chi connectivity index (χ1v) is 4.84. The maximum absolute atomic E-state index is 12.3.